The first-order valence-corrected chi connectivity index (χ1v) is 11.8. The standard InChI is InChI=1S/C21H22F18N2O5/c1-41(2,3)9-11(42)40-10(13(44)46-7-5-15(24,25)17(28,29)19(32,33)21(37,38)39)8-12(43)45-6-4-14(22,23)16(26,27)18(30,31)20(34,35)36/h10H,4-9H2,1-3H3/p+1. The number of carbonyl (C=O) groups is 3. The number of likely N-dealkylation sites (N-methyl/N-ethyl adjacent to an activating group) is 1. The van der Waals surface area contributed by atoms with E-state index in [2.05, 4.69) is 9.47 Å². The van der Waals surface area contributed by atoms with Gasteiger partial charge in [0.15, 0.2) is 6.54 Å². The van der Waals surface area contributed by atoms with Crippen molar-refractivity contribution in [3.05, 3.63) is 0 Å². The van der Waals surface area contributed by atoms with Gasteiger partial charge < -0.3 is 19.3 Å². The number of carbonyl (C=O) groups excluding carboxylic acids is 3. The Morgan fingerprint density at radius 3 is 1.26 bits per heavy atom. The monoisotopic (exact) mass is 725 g/mol. The number of amides is 1. The van der Waals surface area contributed by atoms with Gasteiger partial charge in [-0.1, -0.05) is 0 Å². The van der Waals surface area contributed by atoms with Crippen LogP contribution >= 0.6 is 0 Å². The molecular formula is C21H23F18N2O5+. The molecule has 7 nitrogen and oxygen atoms in total. The topological polar surface area (TPSA) is 81.7 Å². The van der Waals surface area contributed by atoms with E-state index in [1.807, 2.05) is 0 Å². The van der Waals surface area contributed by atoms with Crippen LogP contribution in [0.5, 0.6) is 0 Å². The molecule has 272 valence electrons. The van der Waals surface area contributed by atoms with Crippen LogP contribution in [0, 0.1) is 0 Å². The fraction of sp³-hybridized carbons (Fsp3) is 0.857. The maximum absolute atomic E-state index is 13.7. The van der Waals surface area contributed by atoms with Crippen molar-refractivity contribution in [3.63, 3.8) is 0 Å². The smallest absolute Gasteiger partial charge is 0.460 e. The molecular weight excluding hydrogens is 702 g/mol. The van der Waals surface area contributed by atoms with E-state index in [-0.39, 0.29) is 4.48 Å². The van der Waals surface area contributed by atoms with Crippen LogP contribution in [0.1, 0.15) is 19.3 Å². The molecule has 0 spiro atoms. The molecule has 0 fully saturated rings. The van der Waals surface area contributed by atoms with Crippen LogP contribution in [-0.2, 0) is 23.9 Å². The normalized spacial score (nSPS) is 15.3. The number of ether oxygens (including phenoxy) is 2. The highest BCUT2D eigenvalue weighted by Crippen LogP contribution is 2.55. The molecule has 1 atom stereocenters. The highest BCUT2D eigenvalue weighted by molar-refractivity contribution is 5.88. The molecule has 0 rings (SSSR count). The summed E-state index contributed by atoms with van der Waals surface area (Å²) in [5, 5.41) is 1.67. The third-order valence-electron chi connectivity index (χ3n) is 5.37. The Morgan fingerprint density at radius 2 is 0.935 bits per heavy atom. The maximum atomic E-state index is 13.7. The van der Waals surface area contributed by atoms with Crippen molar-refractivity contribution < 1.29 is 107 Å². The lowest BCUT2D eigenvalue weighted by Gasteiger charge is -2.33. The summed E-state index contributed by atoms with van der Waals surface area (Å²) in [6.07, 6.45) is -21.4. The number of hydrogen-bond acceptors (Lipinski definition) is 5. The first-order chi connectivity index (χ1) is 20.0. The SMILES string of the molecule is C[N+](C)(C)CC(=O)NC(CC(=O)OCCC(F)(F)C(F)(F)C(F)(F)C(F)(F)F)C(=O)OCCC(F)(F)C(F)(F)C(F)(F)C(F)(F)F. The number of halogens is 18. The van der Waals surface area contributed by atoms with Gasteiger partial charge in [0.2, 0.25) is 0 Å². The van der Waals surface area contributed by atoms with Crippen molar-refractivity contribution in [2.75, 3.05) is 40.9 Å². The predicted octanol–water partition coefficient (Wildman–Crippen LogP) is 5.37. The minimum absolute atomic E-state index is 0.251. The summed E-state index contributed by atoms with van der Waals surface area (Å²) < 4.78 is 240. The molecule has 0 saturated heterocycles. The Balaban J connectivity index is 5.71. The van der Waals surface area contributed by atoms with Gasteiger partial charge in [0.25, 0.3) is 5.91 Å². The number of rotatable bonds is 16. The number of alkyl halides is 18. The second kappa shape index (κ2) is 13.7. The van der Waals surface area contributed by atoms with Crippen LogP contribution < -0.4 is 5.32 Å². The molecule has 0 aromatic rings. The van der Waals surface area contributed by atoms with E-state index < -0.39 is 111 Å². The van der Waals surface area contributed by atoms with Crippen molar-refractivity contribution in [2.24, 2.45) is 0 Å². The highest BCUT2D eigenvalue weighted by atomic mass is 19.4. The summed E-state index contributed by atoms with van der Waals surface area (Å²) in [6.45, 7) is -4.72. The number of esters is 2. The molecule has 0 aromatic heterocycles. The van der Waals surface area contributed by atoms with E-state index in [0.717, 1.165) is 0 Å². The quantitative estimate of drug-likeness (QED) is 0.132. The lowest BCUT2D eigenvalue weighted by atomic mass is 10.0. The predicted molar refractivity (Wildman–Crippen MR) is 112 cm³/mol. The number of nitrogens with one attached hydrogen (secondary N) is 1. The lowest BCUT2D eigenvalue weighted by molar-refractivity contribution is -0.862. The zero-order valence-electron chi connectivity index (χ0n) is 23.1. The van der Waals surface area contributed by atoms with Gasteiger partial charge in [0, 0.05) is 0 Å². The third kappa shape index (κ3) is 9.81. The molecule has 0 aromatic carbocycles. The van der Waals surface area contributed by atoms with E-state index in [1.165, 1.54) is 21.1 Å². The van der Waals surface area contributed by atoms with Gasteiger partial charge in [0.1, 0.15) is 6.04 Å². The fourth-order valence-corrected chi connectivity index (χ4v) is 2.89. The van der Waals surface area contributed by atoms with Crippen LogP contribution in [0.3, 0.4) is 0 Å². The van der Waals surface area contributed by atoms with Crippen LogP contribution in [0.25, 0.3) is 0 Å². The van der Waals surface area contributed by atoms with E-state index in [1.54, 1.807) is 5.32 Å². The summed E-state index contributed by atoms with van der Waals surface area (Å²) in [4.78, 5) is 36.3. The van der Waals surface area contributed by atoms with Gasteiger partial charge in [-0.3, -0.25) is 9.59 Å². The van der Waals surface area contributed by atoms with Crippen LogP contribution in [-0.4, -0.2) is 117 Å². The van der Waals surface area contributed by atoms with Crippen molar-refractivity contribution in [1.29, 1.82) is 0 Å². The van der Waals surface area contributed by atoms with E-state index in [4.69, 9.17) is 0 Å². The highest BCUT2D eigenvalue weighted by Gasteiger charge is 2.82. The van der Waals surface area contributed by atoms with Crippen LogP contribution in [0.15, 0.2) is 0 Å². The average molecular weight is 725 g/mol. The molecule has 25 heteroatoms. The van der Waals surface area contributed by atoms with Crippen molar-refractivity contribution in [2.45, 2.75) is 73.2 Å². The number of nitrogens with zero attached hydrogens (tertiary/aromatic N) is 1. The largest absolute Gasteiger partial charge is 0.465 e. The Bertz CT molecular complexity index is 1080. The van der Waals surface area contributed by atoms with Gasteiger partial charge in [-0.15, -0.1) is 0 Å². The van der Waals surface area contributed by atoms with Gasteiger partial charge >= 0.3 is 59.8 Å². The van der Waals surface area contributed by atoms with E-state index in [0.29, 0.717) is 0 Å². The molecule has 0 bridgehead atoms. The molecule has 1 N–H and O–H groups in total. The van der Waals surface area contributed by atoms with Crippen molar-refractivity contribution >= 4 is 17.8 Å². The molecule has 0 aliphatic rings. The number of quaternary nitrogens is 1. The van der Waals surface area contributed by atoms with Crippen LogP contribution in [0.2, 0.25) is 0 Å². The fourth-order valence-electron chi connectivity index (χ4n) is 2.89. The second-order valence-corrected chi connectivity index (χ2v) is 10.4. The summed E-state index contributed by atoms with van der Waals surface area (Å²) >= 11 is 0. The molecule has 1 unspecified atom stereocenters. The Morgan fingerprint density at radius 1 is 0.587 bits per heavy atom. The lowest BCUT2D eigenvalue weighted by Crippen LogP contribution is -2.61. The third-order valence-corrected chi connectivity index (χ3v) is 5.37. The molecule has 46 heavy (non-hydrogen) atoms. The maximum Gasteiger partial charge on any atom is 0.460 e. The summed E-state index contributed by atoms with van der Waals surface area (Å²) in [5.41, 5.74) is 0. The van der Waals surface area contributed by atoms with Crippen molar-refractivity contribution in [3.8, 4) is 0 Å². The average Bonchev–Trinajstić information content (AvgIpc) is 2.80. The molecule has 0 aliphatic heterocycles. The second-order valence-electron chi connectivity index (χ2n) is 10.4. The first kappa shape index (κ1) is 43.1. The zero-order valence-corrected chi connectivity index (χ0v) is 23.1. The molecule has 0 radical (unpaired) electrons. The summed E-state index contributed by atoms with van der Waals surface area (Å²) in [5.74, 6) is -46.5. The molecule has 0 heterocycles. The van der Waals surface area contributed by atoms with E-state index >= 15 is 0 Å². The van der Waals surface area contributed by atoms with Crippen molar-refractivity contribution in [1.82, 2.24) is 5.32 Å². The molecule has 1 amide bonds. The van der Waals surface area contributed by atoms with Crippen LogP contribution in [0.4, 0.5) is 79.0 Å². The van der Waals surface area contributed by atoms with Gasteiger partial charge in [0.05, 0.1) is 53.6 Å². The Labute approximate surface area is 245 Å². The zero-order chi connectivity index (χ0) is 37.2. The summed E-state index contributed by atoms with van der Waals surface area (Å²) in [7, 11) is 4.04. The van der Waals surface area contributed by atoms with Gasteiger partial charge in [-0.2, -0.15) is 79.0 Å². The minimum Gasteiger partial charge on any atom is -0.465 e. The molecule has 0 aliphatic carbocycles. The molecule has 0 saturated carbocycles. The Kier molecular flexibility index (Phi) is 12.8. The Hall–Kier alpha value is -2.89. The summed E-state index contributed by atoms with van der Waals surface area (Å²) in [6, 6.07) is -2.48. The van der Waals surface area contributed by atoms with Gasteiger partial charge in [-0.25, -0.2) is 4.79 Å². The van der Waals surface area contributed by atoms with E-state index in [9.17, 15) is 93.4 Å². The van der Waals surface area contributed by atoms with Gasteiger partial charge in [-0.05, 0) is 0 Å². The number of hydrogen-bond donors (Lipinski definition) is 1. The first-order valence-electron chi connectivity index (χ1n) is 11.8. The minimum atomic E-state index is -7.29.